The van der Waals surface area contributed by atoms with Crippen LogP contribution in [-0.4, -0.2) is 41.7 Å². The predicted molar refractivity (Wildman–Crippen MR) is 57.2 cm³/mol. The van der Waals surface area contributed by atoms with E-state index >= 15 is 0 Å². The number of hydrogen-bond donors (Lipinski definition) is 2. The number of hydrogen-bond acceptors (Lipinski definition) is 3. The Bertz CT molecular complexity index is 174. The van der Waals surface area contributed by atoms with Crippen LogP contribution in [0.15, 0.2) is 0 Å². The van der Waals surface area contributed by atoms with E-state index in [2.05, 4.69) is 18.7 Å². The van der Waals surface area contributed by atoms with Gasteiger partial charge in [0.2, 0.25) is 0 Å². The second-order valence-electron chi connectivity index (χ2n) is 3.85. The average molecular weight is 202 g/mol. The van der Waals surface area contributed by atoms with Crippen LogP contribution < -0.4 is 5.73 Å². The number of carboxylic acid groups (broad SMARTS) is 1. The fourth-order valence-corrected chi connectivity index (χ4v) is 1.32. The zero-order valence-electron chi connectivity index (χ0n) is 9.36. The highest BCUT2D eigenvalue weighted by Crippen LogP contribution is 2.04. The standard InChI is InChI=1S/C10H22N2O2/c1-4-5-8(2)12(3)7-6-9(11)10(13)14/h8-9H,4-7,11H2,1-3H3,(H,13,14). The van der Waals surface area contributed by atoms with Crippen molar-refractivity contribution in [2.45, 2.75) is 45.2 Å². The molecule has 0 saturated carbocycles. The third kappa shape index (κ3) is 5.19. The van der Waals surface area contributed by atoms with Gasteiger partial charge in [0.15, 0.2) is 0 Å². The van der Waals surface area contributed by atoms with Crippen LogP contribution in [0.5, 0.6) is 0 Å². The van der Waals surface area contributed by atoms with Crippen molar-refractivity contribution in [3.8, 4) is 0 Å². The Morgan fingerprint density at radius 2 is 2.07 bits per heavy atom. The van der Waals surface area contributed by atoms with Crippen LogP contribution in [-0.2, 0) is 4.79 Å². The Kier molecular flexibility index (Phi) is 6.49. The van der Waals surface area contributed by atoms with Gasteiger partial charge < -0.3 is 15.7 Å². The van der Waals surface area contributed by atoms with Crippen LogP contribution >= 0.6 is 0 Å². The van der Waals surface area contributed by atoms with Crippen molar-refractivity contribution >= 4 is 5.97 Å². The van der Waals surface area contributed by atoms with E-state index in [1.165, 1.54) is 0 Å². The number of aliphatic carboxylic acids is 1. The molecule has 2 unspecified atom stereocenters. The highest BCUT2D eigenvalue weighted by Gasteiger charge is 2.14. The van der Waals surface area contributed by atoms with E-state index in [4.69, 9.17) is 10.8 Å². The van der Waals surface area contributed by atoms with Gasteiger partial charge in [0.1, 0.15) is 6.04 Å². The summed E-state index contributed by atoms with van der Waals surface area (Å²) in [6.07, 6.45) is 2.80. The minimum absolute atomic E-state index is 0.501. The Labute approximate surface area is 86.1 Å². The largest absolute Gasteiger partial charge is 0.480 e. The molecule has 4 heteroatoms. The predicted octanol–water partition coefficient (Wildman–Crippen LogP) is 0.909. The van der Waals surface area contributed by atoms with Gasteiger partial charge in [-0.2, -0.15) is 0 Å². The molecule has 14 heavy (non-hydrogen) atoms. The first-order chi connectivity index (χ1) is 6.49. The summed E-state index contributed by atoms with van der Waals surface area (Å²) in [5.74, 6) is -0.915. The van der Waals surface area contributed by atoms with Gasteiger partial charge in [-0.05, 0) is 26.8 Å². The van der Waals surface area contributed by atoms with Crippen LogP contribution in [0.25, 0.3) is 0 Å². The Balaban J connectivity index is 3.72. The van der Waals surface area contributed by atoms with Crippen molar-refractivity contribution < 1.29 is 9.90 Å². The summed E-state index contributed by atoms with van der Waals surface area (Å²) in [6.45, 7) is 5.04. The lowest BCUT2D eigenvalue weighted by Gasteiger charge is -2.24. The second-order valence-corrected chi connectivity index (χ2v) is 3.85. The van der Waals surface area contributed by atoms with E-state index in [0.29, 0.717) is 12.5 Å². The molecule has 3 N–H and O–H groups in total. The first kappa shape index (κ1) is 13.4. The van der Waals surface area contributed by atoms with Gasteiger partial charge in [0, 0.05) is 12.6 Å². The van der Waals surface area contributed by atoms with Gasteiger partial charge in [-0.1, -0.05) is 13.3 Å². The number of carbonyl (C=O) groups is 1. The molecular weight excluding hydrogens is 180 g/mol. The number of nitrogens with two attached hydrogens (primary N) is 1. The van der Waals surface area contributed by atoms with E-state index in [0.717, 1.165) is 19.4 Å². The molecule has 0 aliphatic rings. The van der Waals surface area contributed by atoms with Crippen LogP contribution in [0.1, 0.15) is 33.1 Å². The van der Waals surface area contributed by atoms with Gasteiger partial charge in [0.05, 0.1) is 0 Å². The highest BCUT2D eigenvalue weighted by molar-refractivity contribution is 5.72. The molecule has 0 rings (SSSR count). The number of carboxylic acids is 1. The molecule has 0 aromatic heterocycles. The molecule has 2 atom stereocenters. The van der Waals surface area contributed by atoms with E-state index in [1.807, 2.05) is 7.05 Å². The molecule has 4 nitrogen and oxygen atoms in total. The first-order valence-corrected chi connectivity index (χ1v) is 5.17. The lowest BCUT2D eigenvalue weighted by atomic mass is 10.1. The molecule has 0 bridgehead atoms. The van der Waals surface area contributed by atoms with E-state index < -0.39 is 12.0 Å². The maximum Gasteiger partial charge on any atom is 0.320 e. The molecule has 0 saturated heterocycles. The quantitative estimate of drug-likeness (QED) is 0.644. The summed E-state index contributed by atoms with van der Waals surface area (Å²) in [4.78, 5) is 12.6. The third-order valence-electron chi connectivity index (χ3n) is 2.57. The molecule has 0 amide bonds. The molecule has 0 aromatic rings. The Morgan fingerprint density at radius 3 is 2.50 bits per heavy atom. The summed E-state index contributed by atoms with van der Waals surface area (Å²) in [7, 11) is 2.01. The van der Waals surface area contributed by atoms with Gasteiger partial charge in [-0.15, -0.1) is 0 Å². The minimum Gasteiger partial charge on any atom is -0.480 e. The van der Waals surface area contributed by atoms with Crippen molar-refractivity contribution in [3.63, 3.8) is 0 Å². The maximum absolute atomic E-state index is 10.5. The van der Waals surface area contributed by atoms with Gasteiger partial charge in [-0.25, -0.2) is 0 Å². The van der Waals surface area contributed by atoms with Crippen molar-refractivity contribution in [1.29, 1.82) is 0 Å². The summed E-state index contributed by atoms with van der Waals surface area (Å²) >= 11 is 0. The Hall–Kier alpha value is -0.610. The summed E-state index contributed by atoms with van der Waals surface area (Å²) < 4.78 is 0. The van der Waals surface area contributed by atoms with Crippen LogP contribution in [0, 0.1) is 0 Å². The third-order valence-corrected chi connectivity index (χ3v) is 2.57. The number of rotatable bonds is 7. The molecule has 0 aromatic carbocycles. The van der Waals surface area contributed by atoms with E-state index in [9.17, 15) is 4.79 Å². The smallest absolute Gasteiger partial charge is 0.320 e. The van der Waals surface area contributed by atoms with Crippen LogP contribution in [0.3, 0.4) is 0 Å². The molecule has 0 heterocycles. The maximum atomic E-state index is 10.5. The van der Waals surface area contributed by atoms with Gasteiger partial charge >= 0.3 is 5.97 Å². The average Bonchev–Trinajstić information content (AvgIpc) is 2.13. The number of nitrogens with zero attached hydrogens (tertiary/aromatic N) is 1. The zero-order chi connectivity index (χ0) is 11.1. The van der Waals surface area contributed by atoms with Crippen molar-refractivity contribution in [2.24, 2.45) is 5.73 Å². The lowest BCUT2D eigenvalue weighted by Crippen LogP contribution is -2.37. The van der Waals surface area contributed by atoms with E-state index in [1.54, 1.807) is 0 Å². The lowest BCUT2D eigenvalue weighted by molar-refractivity contribution is -0.138. The monoisotopic (exact) mass is 202 g/mol. The van der Waals surface area contributed by atoms with Crippen molar-refractivity contribution in [2.75, 3.05) is 13.6 Å². The fraction of sp³-hybridized carbons (Fsp3) is 0.900. The van der Waals surface area contributed by atoms with Crippen molar-refractivity contribution in [1.82, 2.24) is 4.90 Å². The van der Waals surface area contributed by atoms with Crippen LogP contribution in [0.2, 0.25) is 0 Å². The molecule has 0 aliphatic carbocycles. The summed E-state index contributed by atoms with van der Waals surface area (Å²) in [6, 6.07) is -0.229. The van der Waals surface area contributed by atoms with Crippen LogP contribution in [0.4, 0.5) is 0 Å². The molecule has 84 valence electrons. The molecule has 0 radical (unpaired) electrons. The highest BCUT2D eigenvalue weighted by atomic mass is 16.4. The first-order valence-electron chi connectivity index (χ1n) is 5.17. The van der Waals surface area contributed by atoms with Gasteiger partial charge in [-0.3, -0.25) is 4.79 Å². The summed E-state index contributed by atoms with van der Waals surface area (Å²) in [5.41, 5.74) is 5.41. The molecule has 0 spiro atoms. The van der Waals surface area contributed by atoms with Crippen molar-refractivity contribution in [3.05, 3.63) is 0 Å². The molecule has 0 fully saturated rings. The fourth-order valence-electron chi connectivity index (χ4n) is 1.32. The SMILES string of the molecule is CCCC(C)N(C)CCC(N)C(=O)O. The summed E-state index contributed by atoms with van der Waals surface area (Å²) in [5, 5.41) is 8.59. The zero-order valence-corrected chi connectivity index (χ0v) is 9.36. The van der Waals surface area contributed by atoms with E-state index in [-0.39, 0.29) is 0 Å². The van der Waals surface area contributed by atoms with Gasteiger partial charge in [0.25, 0.3) is 0 Å². The topological polar surface area (TPSA) is 66.6 Å². The normalized spacial score (nSPS) is 15.5. The second kappa shape index (κ2) is 6.79. The molecular formula is C10H22N2O2. The molecule has 0 aliphatic heterocycles. The minimum atomic E-state index is -0.915. The Morgan fingerprint density at radius 1 is 1.50 bits per heavy atom.